The Balaban J connectivity index is 2.26. The van der Waals surface area contributed by atoms with Gasteiger partial charge >= 0.3 is 0 Å². The third-order valence-corrected chi connectivity index (χ3v) is 3.52. The summed E-state index contributed by atoms with van der Waals surface area (Å²) >= 11 is 0. The molecule has 96 valence electrons. The zero-order valence-corrected chi connectivity index (χ0v) is 11.5. The predicted octanol–water partition coefficient (Wildman–Crippen LogP) is 2.62. The molecule has 0 aliphatic carbocycles. The van der Waals surface area contributed by atoms with Gasteiger partial charge in [-0.25, -0.2) is 0 Å². The van der Waals surface area contributed by atoms with Crippen molar-refractivity contribution in [2.45, 2.75) is 39.5 Å². The summed E-state index contributed by atoms with van der Waals surface area (Å²) in [5.74, 6) is 2.52. The van der Waals surface area contributed by atoms with Crippen LogP contribution in [0.25, 0.3) is 0 Å². The highest BCUT2D eigenvalue weighted by atomic mass is 15.3. The highest BCUT2D eigenvalue weighted by Crippen LogP contribution is 2.18. The number of nitrogens with zero attached hydrogens (tertiary/aromatic N) is 4. The van der Waals surface area contributed by atoms with E-state index < -0.39 is 0 Å². The van der Waals surface area contributed by atoms with Crippen LogP contribution in [0.1, 0.15) is 49.1 Å². The zero-order valence-electron chi connectivity index (χ0n) is 11.5. The van der Waals surface area contributed by atoms with Crippen LogP contribution in [0.15, 0.2) is 18.3 Å². The summed E-state index contributed by atoms with van der Waals surface area (Å²) in [6.07, 6.45) is 3.69. The van der Waals surface area contributed by atoms with E-state index >= 15 is 0 Å². The summed E-state index contributed by atoms with van der Waals surface area (Å²) in [4.78, 5) is 4.31. The summed E-state index contributed by atoms with van der Waals surface area (Å²) in [5.41, 5.74) is 2.27. The van der Waals surface area contributed by atoms with E-state index in [4.69, 9.17) is 0 Å². The van der Waals surface area contributed by atoms with Gasteiger partial charge < -0.3 is 4.57 Å². The molecule has 2 heterocycles. The van der Waals surface area contributed by atoms with Crippen LogP contribution in [0.2, 0.25) is 0 Å². The monoisotopic (exact) mass is 244 g/mol. The van der Waals surface area contributed by atoms with Crippen LogP contribution in [0.3, 0.4) is 0 Å². The fourth-order valence-corrected chi connectivity index (χ4v) is 2.02. The Hall–Kier alpha value is -1.71. The van der Waals surface area contributed by atoms with Gasteiger partial charge in [0.1, 0.15) is 11.6 Å². The maximum atomic E-state index is 4.31. The van der Waals surface area contributed by atoms with Gasteiger partial charge in [0.05, 0.1) is 0 Å². The Bertz CT molecular complexity index is 530. The number of aromatic nitrogens is 4. The van der Waals surface area contributed by atoms with E-state index in [9.17, 15) is 0 Å². The largest absolute Gasteiger partial charge is 0.318 e. The van der Waals surface area contributed by atoms with Crippen LogP contribution >= 0.6 is 0 Å². The summed E-state index contributed by atoms with van der Waals surface area (Å²) in [6, 6.07) is 4.06. The Morgan fingerprint density at radius 3 is 2.78 bits per heavy atom. The Kier molecular flexibility index (Phi) is 3.75. The summed E-state index contributed by atoms with van der Waals surface area (Å²) in [6.45, 7) is 6.38. The molecule has 0 bridgehead atoms. The van der Waals surface area contributed by atoms with E-state index in [1.807, 2.05) is 26.2 Å². The molecule has 0 saturated carbocycles. The van der Waals surface area contributed by atoms with Crippen LogP contribution in [-0.2, 0) is 13.5 Å². The molecule has 0 radical (unpaired) electrons. The average Bonchev–Trinajstić information content (AvgIpc) is 2.73. The van der Waals surface area contributed by atoms with Crippen LogP contribution in [0.4, 0.5) is 0 Å². The van der Waals surface area contributed by atoms with Crippen LogP contribution in [0.5, 0.6) is 0 Å². The van der Waals surface area contributed by atoms with Gasteiger partial charge in [-0.15, -0.1) is 10.2 Å². The maximum Gasteiger partial charge on any atom is 0.137 e. The molecule has 0 saturated heterocycles. The second-order valence-corrected chi connectivity index (χ2v) is 4.77. The first-order valence-corrected chi connectivity index (χ1v) is 6.42. The molecule has 18 heavy (non-hydrogen) atoms. The third-order valence-electron chi connectivity index (χ3n) is 3.52. The van der Waals surface area contributed by atoms with Gasteiger partial charge in [-0.05, 0) is 25.0 Å². The van der Waals surface area contributed by atoms with Gasteiger partial charge in [-0.3, -0.25) is 4.98 Å². The standard InChI is InChI=1S/C14H20N4/c1-5-10(2)14-17-16-13(18(14)4)9-12-7-6-8-15-11(12)3/h6-8,10H,5,9H2,1-4H3. The van der Waals surface area contributed by atoms with E-state index in [2.05, 4.69) is 39.7 Å². The van der Waals surface area contributed by atoms with E-state index in [1.54, 1.807) is 0 Å². The zero-order chi connectivity index (χ0) is 13.1. The van der Waals surface area contributed by atoms with Gasteiger partial charge in [0.2, 0.25) is 0 Å². The Morgan fingerprint density at radius 1 is 1.33 bits per heavy atom. The van der Waals surface area contributed by atoms with E-state index in [0.29, 0.717) is 5.92 Å². The summed E-state index contributed by atoms with van der Waals surface area (Å²) < 4.78 is 2.11. The van der Waals surface area contributed by atoms with Crippen LogP contribution in [0, 0.1) is 6.92 Å². The quantitative estimate of drug-likeness (QED) is 0.830. The van der Waals surface area contributed by atoms with E-state index in [-0.39, 0.29) is 0 Å². The minimum atomic E-state index is 0.450. The van der Waals surface area contributed by atoms with Crippen molar-refractivity contribution in [1.82, 2.24) is 19.7 Å². The van der Waals surface area contributed by atoms with Crippen molar-refractivity contribution in [3.63, 3.8) is 0 Å². The van der Waals surface area contributed by atoms with Crippen molar-refractivity contribution in [2.24, 2.45) is 7.05 Å². The first-order valence-electron chi connectivity index (χ1n) is 6.42. The molecule has 0 aliphatic rings. The number of rotatable bonds is 4. The lowest BCUT2D eigenvalue weighted by Crippen LogP contribution is -2.06. The average molecular weight is 244 g/mol. The molecule has 4 heteroatoms. The van der Waals surface area contributed by atoms with Gasteiger partial charge in [0, 0.05) is 31.3 Å². The van der Waals surface area contributed by atoms with Crippen molar-refractivity contribution >= 4 is 0 Å². The summed E-state index contributed by atoms with van der Waals surface area (Å²) in [5, 5.41) is 8.61. The SMILES string of the molecule is CCC(C)c1nnc(Cc2cccnc2C)n1C. The Labute approximate surface area is 108 Å². The van der Waals surface area contributed by atoms with Gasteiger partial charge in [-0.2, -0.15) is 0 Å². The minimum Gasteiger partial charge on any atom is -0.318 e. The molecule has 1 atom stereocenters. The molecular weight excluding hydrogens is 224 g/mol. The molecule has 2 aromatic heterocycles. The first kappa shape index (κ1) is 12.7. The molecule has 4 nitrogen and oxygen atoms in total. The number of pyridine rings is 1. The van der Waals surface area contributed by atoms with Crippen LogP contribution < -0.4 is 0 Å². The lowest BCUT2D eigenvalue weighted by molar-refractivity contribution is 0.633. The predicted molar refractivity (Wildman–Crippen MR) is 71.5 cm³/mol. The number of hydrogen-bond acceptors (Lipinski definition) is 3. The normalized spacial score (nSPS) is 12.7. The van der Waals surface area contributed by atoms with Gasteiger partial charge in [-0.1, -0.05) is 19.9 Å². The second-order valence-electron chi connectivity index (χ2n) is 4.77. The van der Waals surface area contributed by atoms with E-state index in [1.165, 1.54) is 5.56 Å². The van der Waals surface area contributed by atoms with Crippen molar-refractivity contribution in [3.05, 3.63) is 41.2 Å². The molecule has 0 N–H and O–H groups in total. The maximum absolute atomic E-state index is 4.31. The molecular formula is C14H20N4. The lowest BCUT2D eigenvalue weighted by Gasteiger charge is -2.09. The fraction of sp³-hybridized carbons (Fsp3) is 0.500. The molecule has 0 spiro atoms. The molecule has 2 aromatic rings. The molecule has 0 aliphatic heterocycles. The molecule has 0 fully saturated rings. The molecule has 0 aromatic carbocycles. The van der Waals surface area contributed by atoms with Crippen molar-refractivity contribution in [3.8, 4) is 0 Å². The van der Waals surface area contributed by atoms with Crippen molar-refractivity contribution in [2.75, 3.05) is 0 Å². The smallest absolute Gasteiger partial charge is 0.137 e. The third kappa shape index (κ3) is 2.42. The van der Waals surface area contributed by atoms with Gasteiger partial charge in [0.15, 0.2) is 0 Å². The minimum absolute atomic E-state index is 0.450. The fourth-order valence-electron chi connectivity index (χ4n) is 2.02. The molecule has 1 unspecified atom stereocenters. The number of hydrogen-bond donors (Lipinski definition) is 0. The topological polar surface area (TPSA) is 43.6 Å². The van der Waals surface area contributed by atoms with Crippen molar-refractivity contribution in [1.29, 1.82) is 0 Å². The number of aryl methyl sites for hydroxylation is 1. The first-order chi connectivity index (χ1) is 8.63. The van der Waals surface area contributed by atoms with Gasteiger partial charge in [0.25, 0.3) is 0 Å². The molecule has 2 rings (SSSR count). The van der Waals surface area contributed by atoms with Crippen molar-refractivity contribution < 1.29 is 0 Å². The lowest BCUT2D eigenvalue weighted by atomic mass is 10.1. The second kappa shape index (κ2) is 5.29. The summed E-state index contributed by atoms with van der Waals surface area (Å²) in [7, 11) is 2.04. The van der Waals surface area contributed by atoms with Crippen LogP contribution in [-0.4, -0.2) is 19.7 Å². The highest BCUT2D eigenvalue weighted by molar-refractivity contribution is 5.22. The Morgan fingerprint density at radius 2 is 2.11 bits per heavy atom. The van der Waals surface area contributed by atoms with E-state index in [0.717, 1.165) is 30.2 Å². The highest BCUT2D eigenvalue weighted by Gasteiger charge is 2.14. The molecule has 0 amide bonds.